The Balaban J connectivity index is 1.02. The maximum Gasteiger partial charge on any atom is 0.316 e. The van der Waals surface area contributed by atoms with Gasteiger partial charge in [-0.2, -0.15) is 0 Å². The third kappa shape index (κ3) is 10.2. The smallest absolute Gasteiger partial charge is 0.316 e. The molecule has 278 valence electrons. The van der Waals surface area contributed by atoms with Crippen molar-refractivity contribution in [1.82, 2.24) is 10.2 Å². The van der Waals surface area contributed by atoms with E-state index in [4.69, 9.17) is 23.9 Å². The fraction of sp³-hybridized carbons (Fsp3) is 0.875. The van der Waals surface area contributed by atoms with Crippen LogP contribution < -0.4 is 5.32 Å². The third-order valence-corrected chi connectivity index (χ3v) is 11.8. The first-order chi connectivity index (χ1) is 23.9. The molecule has 0 aromatic heterocycles. The topological polar surface area (TPSA) is 98.7 Å². The molecule has 5 rings (SSSR count). The number of ether oxygens (including phenoxy) is 4. The van der Waals surface area contributed by atoms with Crippen LogP contribution in [-0.4, -0.2) is 72.3 Å². The lowest BCUT2D eigenvalue weighted by Gasteiger charge is -2.55. The van der Waals surface area contributed by atoms with Crippen molar-refractivity contribution in [2.24, 2.45) is 10.9 Å². The Morgan fingerprint density at radius 3 is 2.24 bits per heavy atom. The van der Waals surface area contributed by atoms with E-state index in [-0.39, 0.29) is 30.2 Å². The molecule has 9 nitrogen and oxygen atoms in total. The van der Waals surface area contributed by atoms with Gasteiger partial charge in [0.25, 0.3) is 0 Å². The first kappa shape index (κ1) is 38.1. The van der Waals surface area contributed by atoms with E-state index in [2.05, 4.69) is 36.2 Å². The Bertz CT molecular complexity index is 1110. The first-order valence-corrected chi connectivity index (χ1v) is 20.3. The fourth-order valence-electron chi connectivity index (χ4n) is 9.14. The minimum absolute atomic E-state index is 0.0454. The van der Waals surface area contributed by atoms with Crippen LogP contribution in [0.2, 0.25) is 0 Å². The van der Waals surface area contributed by atoms with Crippen molar-refractivity contribution >= 4 is 17.9 Å². The fourth-order valence-corrected chi connectivity index (χ4v) is 9.14. The van der Waals surface area contributed by atoms with Gasteiger partial charge in [-0.05, 0) is 71.1 Å². The molecule has 5 aliphatic heterocycles. The summed E-state index contributed by atoms with van der Waals surface area (Å²) in [5.41, 5.74) is -1.30. The Labute approximate surface area is 296 Å². The number of carbonyl (C=O) groups is 2. The van der Waals surface area contributed by atoms with Crippen LogP contribution in [0, 0.1) is 5.92 Å². The zero-order chi connectivity index (χ0) is 34.5. The highest BCUT2D eigenvalue weighted by atomic mass is 16.6. The molecule has 5 aliphatic rings. The zero-order valence-electron chi connectivity index (χ0n) is 31.1. The minimum Gasteiger partial charge on any atom is -0.469 e. The molecular weight excluding hydrogens is 618 g/mol. The second-order valence-electron chi connectivity index (χ2n) is 15.6. The summed E-state index contributed by atoms with van der Waals surface area (Å²) >= 11 is 0. The summed E-state index contributed by atoms with van der Waals surface area (Å²) < 4.78 is 24.2. The van der Waals surface area contributed by atoms with Crippen molar-refractivity contribution in [3.05, 3.63) is 12.2 Å². The molecule has 3 fully saturated rings. The molecule has 1 unspecified atom stereocenters. The van der Waals surface area contributed by atoms with Crippen molar-refractivity contribution < 1.29 is 28.5 Å². The van der Waals surface area contributed by atoms with E-state index in [0.29, 0.717) is 19.1 Å². The molecule has 49 heavy (non-hydrogen) atoms. The summed E-state index contributed by atoms with van der Waals surface area (Å²) in [6.45, 7) is 4.79. The number of allylic oxidation sites excluding steroid dienone is 1. The maximum atomic E-state index is 14.0. The van der Waals surface area contributed by atoms with Gasteiger partial charge in [0.2, 0.25) is 0 Å². The van der Waals surface area contributed by atoms with Gasteiger partial charge in [0.15, 0.2) is 11.7 Å². The molecule has 2 spiro atoms. The molecule has 0 aliphatic carbocycles. The number of guanidine groups is 1. The lowest BCUT2D eigenvalue weighted by molar-refractivity contribution is -0.194. The number of hydrogen-bond donors (Lipinski definition) is 1. The number of aliphatic imine (C=N–C) groups is 1. The lowest BCUT2D eigenvalue weighted by Crippen LogP contribution is -2.71. The normalized spacial score (nSPS) is 32.0. The number of unbranched alkanes of at least 4 members (excludes halogenated alkanes) is 13. The van der Waals surface area contributed by atoms with Gasteiger partial charge < -0.3 is 29.2 Å². The number of nitrogens with zero attached hydrogens (tertiary/aromatic N) is 2. The Kier molecular flexibility index (Phi) is 14.7. The highest BCUT2D eigenvalue weighted by molar-refractivity contribution is 5.87. The van der Waals surface area contributed by atoms with Gasteiger partial charge in [-0.25, -0.2) is 4.99 Å². The van der Waals surface area contributed by atoms with Crippen LogP contribution in [0.3, 0.4) is 0 Å². The SMILES string of the molecule is CC[C@H]1C=CCC[C@@]2(C[C@@H]3CC[C@@H]4C(C(=O)OCCCCCCCCCCCCCCCCC(=O)OC)[C@]5(CCC[C@@H](C)O5)N=C(N2)N34)O1. The number of rotatable bonds is 19. The average Bonchev–Trinajstić information content (AvgIpc) is 3.39. The van der Waals surface area contributed by atoms with Gasteiger partial charge in [-0.3, -0.25) is 9.59 Å². The van der Waals surface area contributed by atoms with Gasteiger partial charge in [0, 0.05) is 18.9 Å². The minimum atomic E-state index is -0.871. The van der Waals surface area contributed by atoms with Crippen LogP contribution >= 0.6 is 0 Å². The zero-order valence-corrected chi connectivity index (χ0v) is 31.1. The third-order valence-electron chi connectivity index (χ3n) is 11.8. The summed E-state index contributed by atoms with van der Waals surface area (Å²) in [5, 5.41) is 3.80. The summed E-state index contributed by atoms with van der Waals surface area (Å²) in [5.74, 6) is 0.267. The number of nitrogens with one attached hydrogen (secondary N) is 1. The Morgan fingerprint density at radius 1 is 0.918 bits per heavy atom. The van der Waals surface area contributed by atoms with Crippen molar-refractivity contribution in [3.63, 3.8) is 0 Å². The number of esters is 2. The molecule has 0 amide bonds. The molecule has 5 heterocycles. The number of hydrogen-bond acceptors (Lipinski definition) is 9. The highest BCUT2D eigenvalue weighted by Gasteiger charge is 2.62. The van der Waals surface area contributed by atoms with E-state index in [1.807, 2.05) is 0 Å². The Morgan fingerprint density at radius 2 is 1.59 bits per heavy atom. The molecule has 7 atom stereocenters. The summed E-state index contributed by atoms with van der Waals surface area (Å²) in [4.78, 5) is 32.9. The summed E-state index contributed by atoms with van der Waals surface area (Å²) in [7, 11) is 1.46. The molecule has 0 aromatic rings. The predicted molar refractivity (Wildman–Crippen MR) is 193 cm³/mol. The van der Waals surface area contributed by atoms with Gasteiger partial charge in [0.05, 0.1) is 32.0 Å². The predicted octanol–water partition coefficient (Wildman–Crippen LogP) is 8.49. The molecular formula is C40H67N3O6. The molecule has 9 heteroatoms. The molecule has 3 saturated heterocycles. The van der Waals surface area contributed by atoms with E-state index >= 15 is 0 Å². The van der Waals surface area contributed by atoms with E-state index in [1.54, 1.807) is 0 Å². The second-order valence-corrected chi connectivity index (χ2v) is 15.6. The standard InChI is InChI=1S/C40H67N3O6/c1-4-33-23-18-19-27-39(49-33)30-32-25-26-34-36(40(28-21-22-31(2)48-40)42-38(41-39)43(32)34)37(45)47-29-20-16-14-12-10-8-6-5-7-9-11-13-15-17-24-35(44)46-3/h18,23,31-34,36H,4-17,19-22,24-30H2,1-3H3,(H,41,42)/t31-,32+,33+,34-,36?,39+,40-/m1/s1. The quantitative estimate of drug-likeness (QED) is 0.0821. The number of carbonyl (C=O) groups excluding carboxylic acids is 2. The van der Waals surface area contributed by atoms with Crippen LogP contribution in [0.25, 0.3) is 0 Å². The second kappa shape index (κ2) is 18.9. The van der Waals surface area contributed by atoms with E-state index in [0.717, 1.165) is 89.4 Å². The van der Waals surface area contributed by atoms with Crippen LogP contribution in [0.15, 0.2) is 17.1 Å². The van der Waals surface area contributed by atoms with Crippen molar-refractivity contribution in [2.45, 2.75) is 204 Å². The van der Waals surface area contributed by atoms with E-state index in [9.17, 15) is 9.59 Å². The summed E-state index contributed by atoms with van der Waals surface area (Å²) in [6, 6.07) is 0.355. The number of methoxy groups -OCH3 is 1. The van der Waals surface area contributed by atoms with Crippen LogP contribution in [0.4, 0.5) is 0 Å². The van der Waals surface area contributed by atoms with Gasteiger partial charge >= 0.3 is 11.9 Å². The van der Waals surface area contributed by atoms with E-state index in [1.165, 1.54) is 71.3 Å². The van der Waals surface area contributed by atoms with Crippen molar-refractivity contribution in [3.8, 4) is 0 Å². The monoisotopic (exact) mass is 686 g/mol. The molecule has 0 bridgehead atoms. The Hall–Kier alpha value is -2.13. The van der Waals surface area contributed by atoms with Gasteiger partial charge in [0.1, 0.15) is 11.6 Å². The van der Waals surface area contributed by atoms with Crippen molar-refractivity contribution in [1.29, 1.82) is 0 Å². The maximum absolute atomic E-state index is 14.0. The average molecular weight is 686 g/mol. The first-order valence-electron chi connectivity index (χ1n) is 20.3. The molecule has 0 saturated carbocycles. The molecule has 1 N–H and O–H groups in total. The van der Waals surface area contributed by atoms with Crippen molar-refractivity contribution in [2.75, 3.05) is 13.7 Å². The largest absolute Gasteiger partial charge is 0.469 e. The van der Waals surface area contributed by atoms with E-state index < -0.39 is 17.4 Å². The molecule has 0 radical (unpaired) electrons. The van der Waals surface area contributed by atoms with Crippen LogP contribution in [0.5, 0.6) is 0 Å². The van der Waals surface area contributed by atoms with Crippen LogP contribution in [0.1, 0.15) is 168 Å². The van der Waals surface area contributed by atoms with Crippen LogP contribution in [-0.2, 0) is 28.5 Å². The lowest BCUT2D eigenvalue weighted by atomic mass is 9.80. The summed E-state index contributed by atoms with van der Waals surface area (Å²) in [6.07, 6.45) is 30.7. The molecule has 0 aromatic carbocycles. The highest BCUT2D eigenvalue weighted by Crippen LogP contribution is 2.50. The van der Waals surface area contributed by atoms with Gasteiger partial charge in [-0.15, -0.1) is 0 Å². The van der Waals surface area contributed by atoms with Gasteiger partial charge in [-0.1, -0.05) is 96.1 Å².